The number of benzene rings is 2. The summed E-state index contributed by atoms with van der Waals surface area (Å²) in [5, 5.41) is 2.99. The fourth-order valence-corrected chi connectivity index (χ4v) is 2.99. The lowest BCUT2D eigenvalue weighted by atomic mass is 9.95. The molecule has 0 aliphatic carbocycles. The highest BCUT2D eigenvalue weighted by Gasteiger charge is 2.23. The lowest BCUT2D eigenvalue weighted by molar-refractivity contribution is 0.517. The quantitative estimate of drug-likeness (QED) is 0.857. The highest BCUT2D eigenvalue weighted by Crippen LogP contribution is 2.32. The molecule has 1 N–H and O–H groups in total. The Labute approximate surface area is 126 Å². The molecule has 0 heterocycles. The second kappa shape index (κ2) is 6.02. The van der Waals surface area contributed by atoms with Gasteiger partial charge in [-0.2, -0.15) is 0 Å². The summed E-state index contributed by atoms with van der Waals surface area (Å²) in [6.45, 7) is 3.60. The summed E-state index contributed by atoms with van der Waals surface area (Å²) in [5.74, 6) is -1.04. The summed E-state index contributed by atoms with van der Waals surface area (Å²) in [7, 11) is 1.69. The highest BCUT2D eigenvalue weighted by molar-refractivity contribution is 9.10. The van der Waals surface area contributed by atoms with Gasteiger partial charge in [0.25, 0.3) is 0 Å². The molecule has 0 bridgehead atoms. The number of hydrogen-bond acceptors (Lipinski definition) is 1. The van der Waals surface area contributed by atoms with Crippen molar-refractivity contribution in [2.75, 3.05) is 7.05 Å². The van der Waals surface area contributed by atoms with E-state index >= 15 is 0 Å². The summed E-state index contributed by atoms with van der Waals surface area (Å²) in [6.07, 6.45) is 0. The Morgan fingerprint density at radius 1 is 1.10 bits per heavy atom. The number of aryl methyl sites for hydroxylation is 2. The van der Waals surface area contributed by atoms with Crippen molar-refractivity contribution < 1.29 is 8.78 Å². The largest absolute Gasteiger partial charge is 0.309 e. The van der Waals surface area contributed by atoms with E-state index in [0.29, 0.717) is 5.56 Å². The van der Waals surface area contributed by atoms with Crippen LogP contribution in [0.4, 0.5) is 8.78 Å². The Kier molecular flexibility index (Phi) is 4.55. The number of nitrogens with one attached hydrogen (secondary N) is 1. The average Bonchev–Trinajstić information content (AvgIpc) is 2.40. The normalized spacial score (nSPS) is 12.5. The van der Waals surface area contributed by atoms with Crippen molar-refractivity contribution in [2.24, 2.45) is 0 Å². The van der Waals surface area contributed by atoms with Gasteiger partial charge in [0.1, 0.15) is 11.6 Å². The maximum atomic E-state index is 14.3. The molecule has 0 saturated heterocycles. The molecule has 0 aliphatic heterocycles. The molecule has 0 amide bonds. The Bertz CT molecular complexity index is 641. The van der Waals surface area contributed by atoms with Crippen LogP contribution in [-0.4, -0.2) is 7.05 Å². The molecule has 1 unspecified atom stereocenters. The van der Waals surface area contributed by atoms with Crippen molar-refractivity contribution in [1.82, 2.24) is 5.32 Å². The van der Waals surface area contributed by atoms with Gasteiger partial charge in [-0.25, -0.2) is 8.78 Å². The predicted octanol–water partition coefficient (Wildman–Crippen LogP) is 4.65. The molecule has 2 rings (SSSR count). The summed E-state index contributed by atoms with van der Waals surface area (Å²) in [4.78, 5) is 0. The molecule has 2 aromatic carbocycles. The van der Waals surface area contributed by atoms with Gasteiger partial charge in [-0.1, -0.05) is 34.1 Å². The fraction of sp³-hybridized carbons (Fsp3) is 0.250. The van der Waals surface area contributed by atoms with Crippen molar-refractivity contribution in [2.45, 2.75) is 19.9 Å². The third-order valence-corrected chi connectivity index (χ3v) is 4.05. The van der Waals surface area contributed by atoms with E-state index in [1.165, 1.54) is 12.1 Å². The third kappa shape index (κ3) is 2.76. The predicted molar refractivity (Wildman–Crippen MR) is 80.9 cm³/mol. The number of halogens is 3. The SMILES string of the molecule is CNC(c1ccc(C)cc1Br)c1c(F)ccc(C)c1F. The Hall–Kier alpha value is -1.26. The van der Waals surface area contributed by atoms with E-state index in [1.807, 2.05) is 25.1 Å². The molecule has 0 saturated carbocycles. The summed E-state index contributed by atoms with van der Waals surface area (Å²) in [6, 6.07) is 7.96. The standard InChI is InChI=1S/C16H16BrF2N/c1-9-4-6-11(12(17)8-9)16(20-3)14-13(18)7-5-10(2)15(14)19/h4-8,16,20H,1-3H3. The van der Waals surface area contributed by atoms with Gasteiger partial charge in [-0.3, -0.25) is 0 Å². The second-order valence-corrected chi connectivity index (χ2v) is 5.69. The third-order valence-electron chi connectivity index (χ3n) is 3.36. The summed E-state index contributed by atoms with van der Waals surface area (Å²) >= 11 is 3.47. The topological polar surface area (TPSA) is 12.0 Å². The Balaban J connectivity index is 2.61. The minimum atomic E-state index is -0.542. The minimum absolute atomic E-state index is 0.0528. The molecule has 1 atom stereocenters. The monoisotopic (exact) mass is 339 g/mol. The van der Waals surface area contributed by atoms with Crippen LogP contribution >= 0.6 is 15.9 Å². The van der Waals surface area contributed by atoms with Crippen LogP contribution in [0.1, 0.15) is 28.3 Å². The molecule has 20 heavy (non-hydrogen) atoms. The molecular formula is C16H16BrF2N. The van der Waals surface area contributed by atoms with Crippen LogP contribution in [0.15, 0.2) is 34.8 Å². The lowest BCUT2D eigenvalue weighted by Crippen LogP contribution is -2.21. The van der Waals surface area contributed by atoms with Crippen LogP contribution < -0.4 is 5.32 Å². The molecule has 0 spiro atoms. The van der Waals surface area contributed by atoms with Crippen LogP contribution in [0.5, 0.6) is 0 Å². The zero-order valence-electron chi connectivity index (χ0n) is 11.6. The van der Waals surface area contributed by atoms with Gasteiger partial charge in [-0.05, 0) is 49.7 Å². The first-order valence-electron chi connectivity index (χ1n) is 6.33. The molecule has 106 valence electrons. The van der Waals surface area contributed by atoms with Crippen LogP contribution in [0.2, 0.25) is 0 Å². The van der Waals surface area contributed by atoms with Gasteiger partial charge in [0.05, 0.1) is 6.04 Å². The molecule has 0 aliphatic rings. The van der Waals surface area contributed by atoms with E-state index in [4.69, 9.17) is 0 Å². The van der Waals surface area contributed by atoms with Crippen molar-refractivity contribution in [3.8, 4) is 0 Å². The molecule has 0 fully saturated rings. The Morgan fingerprint density at radius 3 is 2.40 bits per heavy atom. The lowest BCUT2D eigenvalue weighted by Gasteiger charge is -2.21. The molecular weight excluding hydrogens is 324 g/mol. The van der Waals surface area contributed by atoms with Crippen LogP contribution in [-0.2, 0) is 0 Å². The first-order chi connectivity index (χ1) is 9.45. The van der Waals surface area contributed by atoms with Gasteiger partial charge in [0.15, 0.2) is 0 Å². The highest BCUT2D eigenvalue weighted by atomic mass is 79.9. The van der Waals surface area contributed by atoms with E-state index in [-0.39, 0.29) is 5.56 Å². The zero-order valence-corrected chi connectivity index (χ0v) is 13.2. The molecule has 0 radical (unpaired) electrons. The van der Waals surface area contributed by atoms with E-state index in [1.54, 1.807) is 14.0 Å². The van der Waals surface area contributed by atoms with Gasteiger partial charge in [-0.15, -0.1) is 0 Å². The molecule has 4 heteroatoms. The number of hydrogen-bond donors (Lipinski definition) is 1. The van der Waals surface area contributed by atoms with E-state index in [0.717, 1.165) is 15.6 Å². The minimum Gasteiger partial charge on any atom is -0.309 e. The first-order valence-corrected chi connectivity index (χ1v) is 7.12. The van der Waals surface area contributed by atoms with Gasteiger partial charge >= 0.3 is 0 Å². The van der Waals surface area contributed by atoms with E-state index in [2.05, 4.69) is 21.2 Å². The maximum absolute atomic E-state index is 14.3. The first kappa shape index (κ1) is 15.1. The van der Waals surface area contributed by atoms with Crippen molar-refractivity contribution in [3.05, 3.63) is 68.7 Å². The van der Waals surface area contributed by atoms with Crippen LogP contribution in [0, 0.1) is 25.5 Å². The van der Waals surface area contributed by atoms with Crippen molar-refractivity contribution in [1.29, 1.82) is 0 Å². The number of rotatable bonds is 3. The molecule has 0 aromatic heterocycles. The van der Waals surface area contributed by atoms with Crippen molar-refractivity contribution >= 4 is 15.9 Å². The van der Waals surface area contributed by atoms with Gasteiger partial charge in [0, 0.05) is 10.0 Å². The molecule has 1 nitrogen and oxygen atoms in total. The fourth-order valence-electron chi connectivity index (χ4n) is 2.26. The van der Waals surface area contributed by atoms with E-state index in [9.17, 15) is 8.78 Å². The van der Waals surface area contributed by atoms with Crippen molar-refractivity contribution in [3.63, 3.8) is 0 Å². The van der Waals surface area contributed by atoms with Gasteiger partial charge < -0.3 is 5.32 Å². The van der Waals surface area contributed by atoms with Crippen LogP contribution in [0.3, 0.4) is 0 Å². The van der Waals surface area contributed by atoms with Gasteiger partial charge in [0.2, 0.25) is 0 Å². The zero-order chi connectivity index (χ0) is 14.9. The average molecular weight is 340 g/mol. The summed E-state index contributed by atoms with van der Waals surface area (Å²) in [5.41, 5.74) is 2.38. The molecule has 2 aromatic rings. The maximum Gasteiger partial charge on any atom is 0.134 e. The summed E-state index contributed by atoms with van der Waals surface area (Å²) < 4.78 is 29.2. The van der Waals surface area contributed by atoms with E-state index < -0.39 is 17.7 Å². The second-order valence-electron chi connectivity index (χ2n) is 4.84. The van der Waals surface area contributed by atoms with Crippen LogP contribution in [0.25, 0.3) is 0 Å². The Morgan fingerprint density at radius 2 is 1.80 bits per heavy atom. The smallest absolute Gasteiger partial charge is 0.134 e.